The molecule has 1 aliphatic rings. The van der Waals surface area contributed by atoms with Crippen molar-refractivity contribution in [3.63, 3.8) is 0 Å². The van der Waals surface area contributed by atoms with Gasteiger partial charge in [-0.25, -0.2) is 0 Å². The van der Waals surface area contributed by atoms with Gasteiger partial charge in [-0.2, -0.15) is 0 Å². The van der Waals surface area contributed by atoms with E-state index in [1.807, 2.05) is 0 Å². The van der Waals surface area contributed by atoms with E-state index in [1.165, 1.54) is 24.0 Å². The number of fused-ring (bicyclic) bond motifs is 1. The molecule has 0 amide bonds. The highest BCUT2D eigenvalue weighted by molar-refractivity contribution is 5.28. The molecule has 0 saturated carbocycles. The summed E-state index contributed by atoms with van der Waals surface area (Å²) in [6.45, 7) is 1.16. The van der Waals surface area contributed by atoms with Crippen LogP contribution in [0.3, 0.4) is 0 Å². The maximum absolute atomic E-state index is 8.79. The fourth-order valence-corrected chi connectivity index (χ4v) is 2.33. The van der Waals surface area contributed by atoms with Gasteiger partial charge < -0.3 is 15.4 Å². The van der Waals surface area contributed by atoms with Crippen LogP contribution in [-0.4, -0.2) is 16.3 Å². The first-order chi connectivity index (χ1) is 7.31. The first-order valence-corrected chi connectivity index (χ1v) is 5.86. The second kappa shape index (κ2) is 4.81. The summed E-state index contributed by atoms with van der Waals surface area (Å²) < 4.78 is 2.17. The number of aryl methyl sites for hydroxylation is 2. The second-order valence-corrected chi connectivity index (χ2v) is 4.41. The summed E-state index contributed by atoms with van der Waals surface area (Å²) in [5.41, 5.74) is 8.86. The first-order valence-electron chi connectivity index (χ1n) is 5.86. The van der Waals surface area contributed by atoms with E-state index in [2.05, 4.69) is 17.0 Å². The predicted molar refractivity (Wildman–Crippen MR) is 60.6 cm³/mol. The van der Waals surface area contributed by atoms with Crippen molar-refractivity contribution < 1.29 is 5.11 Å². The van der Waals surface area contributed by atoms with E-state index >= 15 is 0 Å². The Kier molecular flexibility index (Phi) is 3.44. The Morgan fingerprint density at radius 3 is 3.07 bits per heavy atom. The molecule has 0 aromatic carbocycles. The van der Waals surface area contributed by atoms with Crippen LogP contribution in [0.15, 0.2) is 12.4 Å². The van der Waals surface area contributed by atoms with Gasteiger partial charge in [-0.1, -0.05) is 6.42 Å². The maximum Gasteiger partial charge on any atom is 0.0448 e. The van der Waals surface area contributed by atoms with Gasteiger partial charge in [-0.3, -0.25) is 0 Å². The third-order valence-electron chi connectivity index (χ3n) is 3.18. The van der Waals surface area contributed by atoms with Gasteiger partial charge in [0.1, 0.15) is 0 Å². The van der Waals surface area contributed by atoms with Crippen LogP contribution >= 0.6 is 0 Å². The summed E-state index contributed by atoms with van der Waals surface area (Å²) in [5, 5.41) is 8.79. The van der Waals surface area contributed by atoms with Gasteiger partial charge in [0, 0.05) is 31.6 Å². The molecule has 3 N–H and O–H groups in total. The van der Waals surface area contributed by atoms with Gasteiger partial charge in [0.25, 0.3) is 0 Å². The van der Waals surface area contributed by atoms with Gasteiger partial charge in [0.15, 0.2) is 0 Å². The Hall–Kier alpha value is -0.800. The van der Waals surface area contributed by atoms with Crippen molar-refractivity contribution in [1.29, 1.82) is 0 Å². The van der Waals surface area contributed by atoms with Crippen molar-refractivity contribution in [2.45, 2.75) is 44.7 Å². The Labute approximate surface area is 90.9 Å². The third-order valence-corrected chi connectivity index (χ3v) is 3.18. The van der Waals surface area contributed by atoms with Gasteiger partial charge in [-0.15, -0.1) is 0 Å². The monoisotopic (exact) mass is 208 g/mol. The Balaban J connectivity index is 2.14. The van der Waals surface area contributed by atoms with Crippen LogP contribution in [-0.2, 0) is 13.0 Å². The molecular formula is C12H20N2O. The molecule has 15 heavy (non-hydrogen) atoms. The lowest BCUT2D eigenvalue weighted by atomic mass is 10.1. The van der Waals surface area contributed by atoms with E-state index in [0.717, 1.165) is 25.8 Å². The number of aliphatic hydroxyl groups is 1. The first kappa shape index (κ1) is 10.7. The molecule has 0 aliphatic heterocycles. The minimum Gasteiger partial charge on any atom is -0.396 e. The molecule has 84 valence electrons. The lowest BCUT2D eigenvalue weighted by Crippen LogP contribution is -2.09. The van der Waals surface area contributed by atoms with Crippen molar-refractivity contribution in [2.24, 2.45) is 5.73 Å². The predicted octanol–water partition coefficient (Wildman–Crippen LogP) is 1.60. The van der Waals surface area contributed by atoms with E-state index in [1.54, 1.807) is 0 Å². The topological polar surface area (TPSA) is 51.2 Å². The van der Waals surface area contributed by atoms with Crippen molar-refractivity contribution in [3.05, 3.63) is 23.5 Å². The highest BCUT2D eigenvalue weighted by Gasteiger charge is 2.16. The summed E-state index contributed by atoms with van der Waals surface area (Å²) in [4.78, 5) is 0. The molecule has 3 heteroatoms. The van der Waals surface area contributed by atoms with Crippen LogP contribution in [0.5, 0.6) is 0 Å². The molecule has 0 spiro atoms. The average molecular weight is 208 g/mol. The summed E-state index contributed by atoms with van der Waals surface area (Å²) in [6.07, 6.45) is 9.96. The van der Waals surface area contributed by atoms with E-state index in [9.17, 15) is 0 Å². The normalized spacial score (nSPS) is 21.1. The molecule has 3 nitrogen and oxygen atoms in total. The van der Waals surface area contributed by atoms with E-state index in [0.29, 0.717) is 0 Å². The lowest BCUT2D eigenvalue weighted by molar-refractivity contribution is 0.280. The standard InChI is InChI=1S/C12H20N2O/c13-12-5-2-1-4-10-8-14(6-3-7-15)9-11(10)12/h8-9,12,15H,1-7,13H2. The largest absolute Gasteiger partial charge is 0.396 e. The summed E-state index contributed by atoms with van der Waals surface area (Å²) in [7, 11) is 0. The zero-order valence-corrected chi connectivity index (χ0v) is 9.15. The van der Waals surface area contributed by atoms with Gasteiger partial charge in [-0.05, 0) is 36.8 Å². The highest BCUT2D eigenvalue weighted by atomic mass is 16.3. The van der Waals surface area contributed by atoms with Gasteiger partial charge in [0.2, 0.25) is 0 Å². The zero-order valence-electron chi connectivity index (χ0n) is 9.15. The molecule has 0 saturated heterocycles. The van der Waals surface area contributed by atoms with Crippen LogP contribution in [0, 0.1) is 0 Å². The van der Waals surface area contributed by atoms with Gasteiger partial charge in [0.05, 0.1) is 0 Å². The summed E-state index contributed by atoms with van der Waals surface area (Å²) in [6, 6.07) is 0.220. The van der Waals surface area contributed by atoms with Crippen LogP contribution in [0.4, 0.5) is 0 Å². The molecule has 0 bridgehead atoms. The van der Waals surface area contributed by atoms with Crippen molar-refractivity contribution in [2.75, 3.05) is 6.61 Å². The Morgan fingerprint density at radius 2 is 2.27 bits per heavy atom. The number of nitrogens with two attached hydrogens (primary N) is 1. The number of aliphatic hydroxyl groups excluding tert-OH is 1. The van der Waals surface area contributed by atoms with Crippen LogP contribution < -0.4 is 5.73 Å². The van der Waals surface area contributed by atoms with Crippen molar-refractivity contribution in [1.82, 2.24) is 4.57 Å². The number of hydrogen-bond acceptors (Lipinski definition) is 2. The highest BCUT2D eigenvalue weighted by Crippen LogP contribution is 2.27. The van der Waals surface area contributed by atoms with Gasteiger partial charge >= 0.3 is 0 Å². The number of rotatable bonds is 3. The van der Waals surface area contributed by atoms with Crippen molar-refractivity contribution >= 4 is 0 Å². The lowest BCUT2D eigenvalue weighted by Gasteiger charge is -2.07. The minimum atomic E-state index is 0.220. The molecule has 1 aromatic rings. The summed E-state index contributed by atoms with van der Waals surface area (Å²) >= 11 is 0. The number of hydrogen-bond donors (Lipinski definition) is 2. The third kappa shape index (κ3) is 2.41. The Morgan fingerprint density at radius 1 is 1.40 bits per heavy atom. The molecule has 1 unspecified atom stereocenters. The maximum atomic E-state index is 8.79. The zero-order chi connectivity index (χ0) is 10.7. The molecule has 1 atom stereocenters. The molecule has 2 rings (SSSR count). The molecule has 1 aromatic heterocycles. The van der Waals surface area contributed by atoms with Crippen LogP contribution in [0.1, 0.15) is 42.9 Å². The molecular weight excluding hydrogens is 188 g/mol. The number of nitrogens with zero attached hydrogens (tertiary/aromatic N) is 1. The quantitative estimate of drug-likeness (QED) is 0.741. The summed E-state index contributed by atoms with van der Waals surface area (Å²) in [5.74, 6) is 0. The Bertz CT molecular complexity index is 319. The fourth-order valence-electron chi connectivity index (χ4n) is 2.33. The minimum absolute atomic E-state index is 0.220. The molecule has 0 fully saturated rings. The van der Waals surface area contributed by atoms with Crippen LogP contribution in [0.25, 0.3) is 0 Å². The second-order valence-electron chi connectivity index (χ2n) is 4.41. The fraction of sp³-hybridized carbons (Fsp3) is 0.667. The van der Waals surface area contributed by atoms with Crippen molar-refractivity contribution in [3.8, 4) is 0 Å². The van der Waals surface area contributed by atoms with E-state index < -0.39 is 0 Å². The van der Waals surface area contributed by atoms with Crippen LogP contribution in [0.2, 0.25) is 0 Å². The number of aromatic nitrogens is 1. The molecule has 1 heterocycles. The molecule has 1 aliphatic carbocycles. The molecule has 0 radical (unpaired) electrons. The SMILES string of the molecule is NC1CCCCc2cn(CCCO)cc21. The van der Waals surface area contributed by atoms with E-state index in [-0.39, 0.29) is 12.6 Å². The average Bonchev–Trinajstić information content (AvgIpc) is 2.57. The smallest absolute Gasteiger partial charge is 0.0448 e. The van der Waals surface area contributed by atoms with E-state index in [4.69, 9.17) is 10.8 Å².